The van der Waals surface area contributed by atoms with Gasteiger partial charge in [-0.15, -0.1) is 6.58 Å². The summed E-state index contributed by atoms with van der Waals surface area (Å²) < 4.78 is 14.7. The standard InChI is InChI=1S/C14H15BO6/c1-3-4-12(14(17)19-2)21-13(16)9-5-6-10-8-20-15(18)11(10)7-9/h3,5-7,12,18H,1,4,8H2,2H3. The van der Waals surface area contributed by atoms with E-state index in [1.54, 1.807) is 12.1 Å². The number of hydrogen-bond acceptors (Lipinski definition) is 6. The van der Waals surface area contributed by atoms with Crippen molar-refractivity contribution in [2.24, 2.45) is 0 Å². The van der Waals surface area contributed by atoms with Crippen LogP contribution >= 0.6 is 0 Å². The molecule has 1 unspecified atom stereocenters. The van der Waals surface area contributed by atoms with Gasteiger partial charge in [-0.05, 0) is 23.2 Å². The molecule has 0 fully saturated rings. The summed E-state index contributed by atoms with van der Waals surface area (Å²) in [5.41, 5.74) is 1.58. The minimum absolute atomic E-state index is 0.162. The van der Waals surface area contributed by atoms with Crippen LogP contribution in [0.1, 0.15) is 22.3 Å². The second kappa shape index (κ2) is 6.56. The van der Waals surface area contributed by atoms with E-state index in [9.17, 15) is 14.6 Å². The summed E-state index contributed by atoms with van der Waals surface area (Å²) >= 11 is 0. The number of methoxy groups -OCH3 is 1. The summed E-state index contributed by atoms with van der Waals surface area (Å²) in [5, 5.41) is 9.62. The van der Waals surface area contributed by atoms with E-state index in [0.29, 0.717) is 12.1 Å². The van der Waals surface area contributed by atoms with Crippen LogP contribution in [0, 0.1) is 0 Å². The van der Waals surface area contributed by atoms with Gasteiger partial charge in [-0.25, -0.2) is 9.59 Å². The number of rotatable bonds is 5. The lowest BCUT2D eigenvalue weighted by molar-refractivity contribution is -0.150. The highest BCUT2D eigenvalue weighted by Gasteiger charge is 2.29. The molecule has 0 radical (unpaired) electrons. The fourth-order valence-corrected chi connectivity index (χ4v) is 2.01. The zero-order valence-electron chi connectivity index (χ0n) is 11.6. The zero-order chi connectivity index (χ0) is 15.4. The van der Waals surface area contributed by atoms with Crippen LogP contribution in [0.3, 0.4) is 0 Å². The van der Waals surface area contributed by atoms with Gasteiger partial charge < -0.3 is 19.2 Å². The predicted octanol–water partition coefficient (Wildman–Crippen LogP) is 0.179. The van der Waals surface area contributed by atoms with E-state index >= 15 is 0 Å². The third kappa shape index (κ3) is 3.32. The maximum absolute atomic E-state index is 12.1. The van der Waals surface area contributed by atoms with Gasteiger partial charge in [-0.1, -0.05) is 12.1 Å². The van der Waals surface area contributed by atoms with Gasteiger partial charge in [0.1, 0.15) is 0 Å². The smallest absolute Gasteiger partial charge is 0.466 e. The molecular formula is C14H15BO6. The minimum Gasteiger partial charge on any atom is -0.466 e. The Balaban J connectivity index is 2.14. The van der Waals surface area contributed by atoms with Gasteiger partial charge in [0.2, 0.25) is 6.10 Å². The summed E-state index contributed by atoms with van der Waals surface area (Å²) in [5.74, 6) is -1.32. The van der Waals surface area contributed by atoms with E-state index in [-0.39, 0.29) is 12.0 Å². The van der Waals surface area contributed by atoms with Crippen LogP contribution < -0.4 is 5.46 Å². The van der Waals surface area contributed by atoms with Crippen molar-refractivity contribution in [3.05, 3.63) is 42.0 Å². The summed E-state index contributed by atoms with van der Waals surface area (Å²) in [4.78, 5) is 23.6. The van der Waals surface area contributed by atoms with Crippen LogP contribution in [-0.4, -0.2) is 37.3 Å². The molecule has 0 saturated heterocycles. The first-order valence-electron chi connectivity index (χ1n) is 6.39. The SMILES string of the molecule is C=CCC(OC(=O)c1ccc2c(c1)B(O)OC2)C(=O)OC. The molecule has 0 saturated carbocycles. The van der Waals surface area contributed by atoms with Crippen LogP contribution in [0.4, 0.5) is 0 Å². The Hall–Kier alpha value is -2.12. The molecule has 21 heavy (non-hydrogen) atoms. The molecule has 1 N–H and O–H groups in total. The largest absolute Gasteiger partial charge is 0.491 e. The molecule has 0 spiro atoms. The lowest BCUT2D eigenvalue weighted by Crippen LogP contribution is -2.30. The normalized spacial score (nSPS) is 14.3. The van der Waals surface area contributed by atoms with Gasteiger partial charge in [0, 0.05) is 6.42 Å². The molecule has 1 heterocycles. The number of carbonyl (C=O) groups is 2. The fraction of sp³-hybridized carbons (Fsp3) is 0.286. The second-order valence-electron chi connectivity index (χ2n) is 4.52. The molecule has 6 nitrogen and oxygen atoms in total. The molecule has 1 aromatic carbocycles. The molecule has 1 aliphatic heterocycles. The van der Waals surface area contributed by atoms with Gasteiger partial charge in [0.25, 0.3) is 0 Å². The summed E-state index contributed by atoms with van der Waals surface area (Å²) in [6.07, 6.45) is 0.596. The third-order valence-electron chi connectivity index (χ3n) is 3.14. The Kier molecular flexibility index (Phi) is 4.77. The number of hydrogen-bond donors (Lipinski definition) is 1. The van der Waals surface area contributed by atoms with E-state index in [4.69, 9.17) is 9.39 Å². The zero-order valence-corrected chi connectivity index (χ0v) is 11.6. The van der Waals surface area contributed by atoms with Gasteiger partial charge >= 0.3 is 19.1 Å². The number of ether oxygens (including phenoxy) is 2. The molecule has 0 aliphatic carbocycles. The van der Waals surface area contributed by atoms with E-state index in [1.165, 1.54) is 19.3 Å². The minimum atomic E-state index is -1.04. The molecule has 0 bridgehead atoms. The first-order valence-corrected chi connectivity index (χ1v) is 6.39. The quantitative estimate of drug-likeness (QED) is 0.473. The van der Waals surface area contributed by atoms with E-state index in [2.05, 4.69) is 11.3 Å². The predicted molar refractivity (Wildman–Crippen MR) is 74.9 cm³/mol. The van der Waals surface area contributed by atoms with Gasteiger partial charge in [-0.3, -0.25) is 0 Å². The summed E-state index contributed by atoms with van der Waals surface area (Å²) in [6, 6.07) is 4.74. The van der Waals surface area contributed by atoms with E-state index in [1.807, 2.05) is 0 Å². The van der Waals surface area contributed by atoms with Crippen LogP contribution in [0.15, 0.2) is 30.9 Å². The highest BCUT2D eigenvalue weighted by Crippen LogP contribution is 2.13. The van der Waals surface area contributed by atoms with Gasteiger partial charge in [-0.2, -0.15) is 0 Å². The van der Waals surface area contributed by atoms with Crippen molar-refractivity contribution in [1.82, 2.24) is 0 Å². The highest BCUT2D eigenvalue weighted by atomic mass is 16.6. The lowest BCUT2D eigenvalue weighted by Gasteiger charge is -2.14. The van der Waals surface area contributed by atoms with Crippen molar-refractivity contribution in [2.75, 3.05) is 7.11 Å². The molecule has 2 rings (SSSR count). The van der Waals surface area contributed by atoms with Crippen LogP contribution in [0.25, 0.3) is 0 Å². The van der Waals surface area contributed by atoms with Gasteiger partial charge in [0.05, 0.1) is 19.3 Å². The average molecular weight is 290 g/mol. The monoisotopic (exact) mass is 290 g/mol. The van der Waals surface area contributed by atoms with Crippen LogP contribution in [0.5, 0.6) is 0 Å². The summed E-state index contributed by atoms with van der Waals surface area (Å²) in [7, 11) is 0.173. The van der Waals surface area contributed by atoms with Crippen molar-refractivity contribution in [1.29, 1.82) is 0 Å². The van der Waals surface area contributed by atoms with Crippen molar-refractivity contribution in [3.63, 3.8) is 0 Å². The number of fused-ring (bicyclic) bond motifs is 1. The first kappa shape index (κ1) is 15.3. The second-order valence-corrected chi connectivity index (χ2v) is 4.52. The van der Waals surface area contributed by atoms with Gasteiger partial charge in [0.15, 0.2) is 0 Å². The van der Waals surface area contributed by atoms with E-state index < -0.39 is 25.2 Å². The number of carbonyl (C=O) groups excluding carboxylic acids is 2. The van der Waals surface area contributed by atoms with Crippen molar-refractivity contribution >= 4 is 24.5 Å². The Bertz CT molecular complexity index is 571. The van der Waals surface area contributed by atoms with Crippen LogP contribution in [0.2, 0.25) is 0 Å². The molecule has 1 aliphatic rings. The van der Waals surface area contributed by atoms with E-state index in [0.717, 1.165) is 5.56 Å². The first-order chi connectivity index (χ1) is 10.1. The molecule has 110 valence electrons. The van der Waals surface area contributed by atoms with Crippen molar-refractivity contribution in [2.45, 2.75) is 19.1 Å². The number of benzene rings is 1. The Labute approximate surface area is 122 Å². The lowest BCUT2D eigenvalue weighted by atomic mass is 9.79. The molecule has 1 atom stereocenters. The molecule has 0 aromatic heterocycles. The average Bonchev–Trinajstić information content (AvgIpc) is 2.86. The highest BCUT2D eigenvalue weighted by molar-refractivity contribution is 6.61. The molecule has 0 amide bonds. The summed E-state index contributed by atoms with van der Waals surface area (Å²) in [6.45, 7) is 3.80. The molecule has 7 heteroatoms. The Morgan fingerprint density at radius 1 is 1.57 bits per heavy atom. The van der Waals surface area contributed by atoms with Crippen molar-refractivity contribution < 1.29 is 28.7 Å². The molecular weight excluding hydrogens is 275 g/mol. The fourth-order valence-electron chi connectivity index (χ4n) is 2.01. The topological polar surface area (TPSA) is 82.1 Å². The Morgan fingerprint density at radius 3 is 3.00 bits per heavy atom. The van der Waals surface area contributed by atoms with Crippen molar-refractivity contribution in [3.8, 4) is 0 Å². The molecule has 1 aromatic rings. The number of esters is 2. The third-order valence-corrected chi connectivity index (χ3v) is 3.14. The Morgan fingerprint density at radius 2 is 2.33 bits per heavy atom. The maximum Gasteiger partial charge on any atom is 0.491 e. The maximum atomic E-state index is 12.1. The van der Waals surface area contributed by atoms with Crippen LogP contribution in [-0.2, 0) is 25.5 Å².